The number of nitrogens with zero attached hydrogens (tertiary/aromatic N) is 3. The maximum absolute atomic E-state index is 13.7. The summed E-state index contributed by atoms with van der Waals surface area (Å²) in [6, 6.07) is 31.3. The van der Waals surface area contributed by atoms with Gasteiger partial charge in [-0.05, 0) is 55.3 Å². The topological polar surface area (TPSA) is 71.8 Å². The summed E-state index contributed by atoms with van der Waals surface area (Å²) in [7, 11) is 0. The molecule has 0 saturated carbocycles. The van der Waals surface area contributed by atoms with Gasteiger partial charge in [0.25, 0.3) is 0 Å². The number of hydrogen-bond donors (Lipinski definition) is 2. The molecule has 8 heteroatoms. The third kappa shape index (κ3) is 6.95. The monoisotopic (exact) mass is 551 g/mol. The van der Waals surface area contributed by atoms with E-state index in [4.69, 9.17) is 0 Å². The van der Waals surface area contributed by atoms with E-state index in [0.29, 0.717) is 17.9 Å². The average molecular weight is 552 g/mol. The summed E-state index contributed by atoms with van der Waals surface area (Å²) < 4.78 is 15.7. The van der Waals surface area contributed by atoms with E-state index in [1.165, 1.54) is 23.3 Å². The molecule has 40 heavy (non-hydrogen) atoms. The third-order valence-corrected chi connectivity index (χ3v) is 7.38. The quantitative estimate of drug-likeness (QED) is 0.187. The van der Waals surface area contributed by atoms with Crippen molar-refractivity contribution < 1.29 is 9.18 Å². The maximum Gasteiger partial charge on any atom is 0.319 e. The van der Waals surface area contributed by atoms with Gasteiger partial charge in [-0.25, -0.2) is 9.18 Å². The maximum atomic E-state index is 13.7. The first-order chi connectivity index (χ1) is 19.4. The van der Waals surface area contributed by atoms with Crippen LogP contribution in [0.15, 0.2) is 108 Å². The molecule has 2 N–H and O–H groups in total. The molecule has 5 rings (SSSR count). The normalized spacial score (nSPS) is 11.7. The number of halogens is 1. The van der Waals surface area contributed by atoms with Crippen LogP contribution in [0.3, 0.4) is 0 Å². The number of benzene rings is 4. The van der Waals surface area contributed by atoms with Gasteiger partial charge in [-0.2, -0.15) is 0 Å². The molecule has 0 aliphatic rings. The highest BCUT2D eigenvalue weighted by molar-refractivity contribution is 7.98. The zero-order valence-corrected chi connectivity index (χ0v) is 23.2. The summed E-state index contributed by atoms with van der Waals surface area (Å²) in [6.45, 7) is 4.12. The van der Waals surface area contributed by atoms with Crippen LogP contribution in [-0.2, 0) is 12.2 Å². The fourth-order valence-electron chi connectivity index (χ4n) is 4.44. The van der Waals surface area contributed by atoms with E-state index < -0.39 is 17.9 Å². The van der Waals surface area contributed by atoms with Crippen molar-refractivity contribution in [1.82, 2.24) is 20.1 Å². The van der Waals surface area contributed by atoms with Crippen LogP contribution in [0.1, 0.15) is 34.1 Å². The molecule has 0 unspecified atom stereocenters. The van der Waals surface area contributed by atoms with Crippen molar-refractivity contribution in [1.29, 1.82) is 0 Å². The van der Waals surface area contributed by atoms with Gasteiger partial charge in [0.15, 0.2) is 11.0 Å². The van der Waals surface area contributed by atoms with Crippen molar-refractivity contribution in [3.8, 4) is 5.69 Å². The molecular formula is C32H30FN5OS. The van der Waals surface area contributed by atoms with E-state index in [9.17, 15) is 9.18 Å². The summed E-state index contributed by atoms with van der Waals surface area (Å²) in [5.41, 5.74) is 5.84. The number of nitrogens with one attached hydrogen (secondary N) is 2. The molecule has 0 radical (unpaired) electrons. The highest BCUT2D eigenvalue weighted by atomic mass is 32.2. The zero-order valence-electron chi connectivity index (χ0n) is 22.3. The molecule has 0 aliphatic heterocycles. The van der Waals surface area contributed by atoms with Crippen LogP contribution in [0.5, 0.6) is 0 Å². The van der Waals surface area contributed by atoms with Crippen molar-refractivity contribution >= 4 is 23.5 Å². The second-order valence-electron chi connectivity index (χ2n) is 9.64. The fraction of sp³-hybridized carbons (Fsp3) is 0.156. The fourth-order valence-corrected chi connectivity index (χ4v) is 5.34. The number of anilines is 1. The molecule has 2 amide bonds. The number of hydrogen-bond acceptors (Lipinski definition) is 4. The van der Waals surface area contributed by atoms with Crippen LogP contribution in [0.2, 0.25) is 0 Å². The number of aromatic nitrogens is 3. The number of amides is 2. The molecule has 0 spiro atoms. The summed E-state index contributed by atoms with van der Waals surface area (Å²) in [5.74, 6) is 0.907. The number of aryl methyl sites for hydroxylation is 2. The minimum Gasteiger partial charge on any atom is -0.327 e. The second-order valence-corrected chi connectivity index (χ2v) is 10.6. The summed E-state index contributed by atoms with van der Waals surface area (Å²) in [6.07, 6.45) is 0.490. The Morgan fingerprint density at radius 3 is 2.35 bits per heavy atom. The summed E-state index contributed by atoms with van der Waals surface area (Å²) in [5, 5.41) is 15.7. The first kappa shape index (κ1) is 27.1. The van der Waals surface area contributed by atoms with Gasteiger partial charge in [-0.15, -0.1) is 10.2 Å². The van der Waals surface area contributed by atoms with Crippen LogP contribution >= 0.6 is 11.8 Å². The van der Waals surface area contributed by atoms with Gasteiger partial charge in [0.05, 0.1) is 6.04 Å². The van der Waals surface area contributed by atoms with Gasteiger partial charge in [0.2, 0.25) is 0 Å². The molecule has 5 aromatic rings. The lowest BCUT2D eigenvalue weighted by Gasteiger charge is -2.21. The Morgan fingerprint density at radius 2 is 1.60 bits per heavy atom. The van der Waals surface area contributed by atoms with Gasteiger partial charge in [-0.3, -0.25) is 4.57 Å². The van der Waals surface area contributed by atoms with E-state index in [-0.39, 0.29) is 0 Å². The number of carbonyl (C=O) groups is 1. The summed E-state index contributed by atoms with van der Waals surface area (Å²) in [4.78, 5) is 13.1. The van der Waals surface area contributed by atoms with Gasteiger partial charge in [0, 0.05) is 23.5 Å². The lowest BCUT2D eigenvalue weighted by molar-refractivity contribution is 0.247. The Labute approximate surface area is 237 Å². The average Bonchev–Trinajstić information content (AvgIpc) is 3.36. The summed E-state index contributed by atoms with van der Waals surface area (Å²) >= 11 is 1.59. The molecule has 1 aromatic heterocycles. The third-order valence-electron chi connectivity index (χ3n) is 6.38. The van der Waals surface area contributed by atoms with E-state index in [1.807, 2.05) is 66.1 Å². The Bertz CT molecular complexity index is 1590. The van der Waals surface area contributed by atoms with Crippen molar-refractivity contribution in [2.75, 3.05) is 5.32 Å². The van der Waals surface area contributed by atoms with E-state index in [0.717, 1.165) is 27.7 Å². The molecule has 0 bridgehead atoms. The molecular weight excluding hydrogens is 521 g/mol. The Kier molecular flexibility index (Phi) is 8.56. The van der Waals surface area contributed by atoms with Crippen molar-refractivity contribution in [2.45, 2.75) is 37.2 Å². The number of rotatable bonds is 9. The predicted molar refractivity (Wildman–Crippen MR) is 158 cm³/mol. The predicted octanol–water partition coefficient (Wildman–Crippen LogP) is 7.42. The van der Waals surface area contributed by atoms with E-state index in [2.05, 4.69) is 52.0 Å². The number of thioether (sulfide) groups is 1. The van der Waals surface area contributed by atoms with E-state index in [1.54, 1.807) is 23.9 Å². The van der Waals surface area contributed by atoms with Crippen molar-refractivity contribution in [3.05, 3.63) is 137 Å². The van der Waals surface area contributed by atoms with Gasteiger partial charge in [-0.1, -0.05) is 95.7 Å². The first-order valence-electron chi connectivity index (χ1n) is 13.0. The molecule has 0 saturated heterocycles. The standard InChI is InChI=1S/C32H30FN5OS/c1-22-14-16-28(17-15-22)38-30(36-37-32(38)40-21-25-11-6-8-23(2)18-25)29(19-24-9-4-3-5-10-24)35-31(39)34-27-13-7-12-26(33)20-27/h3-18,20,29H,19,21H2,1-2H3,(H2,34,35,39)/t29-/m0/s1. The molecule has 1 atom stereocenters. The number of carbonyl (C=O) groups excluding carboxylic acids is 1. The van der Waals surface area contributed by atoms with Crippen LogP contribution in [-0.4, -0.2) is 20.8 Å². The lowest BCUT2D eigenvalue weighted by Crippen LogP contribution is -2.35. The smallest absolute Gasteiger partial charge is 0.319 e. The van der Waals surface area contributed by atoms with Crippen LogP contribution in [0.25, 0.3) is 5.69 Å². The molecule has 0 fully saturated rings. The Hall–Kier alpha value is -4.43. The van der Waals surface area contributed by atoms with Gasteiger partial charge < -0.3 is 10.6 Å². The Balaban J connectivity index is 1.50. The zero-order chi connectivity index (χ0) is 27.9. The minimum absolute atomic E-state index is 0.366. The van der Waals surface area contributed by atoms with Crippen LogP contribution < -0.4 is 10.6 Å². The minimum atomic E-state index is -0.516. The molecule has 6 nitrogen and oxygen atoms in total. The second kappa shape index (κ2) is 12.6. The first-order valence-corrected chi connectivity index (χ1v) is 14.0. The largest absolute Gasteiger partial charge is 0.327 e. The highest BCUT2D eigenvalue weighted by Gasteiger charge is 2.25. The molecule has 4 aromatic carbocycles. The van der Waals surface area contributed by atoms with E-state index >= 15 is 0 Å². The SMILES string of the molecule is Cc1ccc(-n2c(SCc3cccc(C)c3)nnc2[C@H](Cc2ccccc2)NC(=O)Nc2cccc(F)c2)cc1. The molecule has 1 heterocycles. The lowest BCUT2D eigenvalue weighted by atomic mass is 10.1. The van der Waals surface area contributed by atoms with Crippen LogP contribution in [0.4, 0.5) is 14.9 Å². The Morgan fingerprint density at radius 1 is 0.850 bits per heavy atom. The van der Waals surface area contributed by atoms with Crippen molar-refractivity contribution in [3.63, 3.8) is 0 Å². The number of urea groups is 1. The van der Waals surface area contributed by atoms with Gasteiger partial charge >= 0.3 is 6.03 Å². The van der Waals surface area contributed by atoms with Crippen LogP contribution in [0, 0.1) is 19.7 Å². The molecule has 0 aliphatic carbocycles. The highest BCUT2D eigenvalue weighted by Crippen LogP contribution is 2.29. The van der Waals surface area contributed by atoms with Crippen molar-refractivity contribution in [2.24, 2.45) is 0 Å². The molecule has 202 valence electrons. The van der Waals surface area contributed by atoms with Gasteiger partial charge in [0.1, 0.15) is 5.82 Å².